The molecule has 96 valence electrons. The molecule has 0 unspecified atom stereocenters. The van der Waals surface area contributed by atoms with E-state index in [4.69, 9.17) is 4.74 Å². The van der Waals surface area contributed by atoms with Gasteiger partial charge >= 0.3 is 5.97 Å². The molecule has 4 heteroatoms. The molecule has 1 aromatic carbocycles. The van der Waals surface area contributed by atoms with E-state index >= 15 is 0 Å². The zero-order valence-corrected chi connectivity index (χ0v) is 12.3. The van der Waals surface area contributed by atoms with Crippen LogP contribution in [-0.2, 0) is 10.1 Å². The van der Waals surface area contributed by atoms with Crippen molar-refractivity contribution in [2.24, 2.45) is 5.41 Å². The molecule has 1 N–H and O–H groups in total. The Morgan fingerprint density at radius 2 is 2.11 bits per heavy atom. The van der Waals surface area contributed by atoms with Crippen molar-refractivity contribution in [1.29, 1.82) is 0 Å². The number of H-pyrrole nitrogens is 1. The predicted molar refractivity (Wildman–Crippen MR) is 76.0 cm³/mol. The van der Waals surface area contributed by atoms with E-state index in [9.17, 15) is 4.79 Å². The van der Waals surface area contributed by atoms with Crippen LogP contribution < -0.4 is 4.74 Å². The molecule has 0 bridgehead atoms. The largest absolute Gasteiger partial charge is 0.424 e. The van der Waals surface area contributed by atoms with E-state index in [1.807, 2.05) is 39.0 Å². The first-order valence-electron chi connectivity index (χ1n) is 5.80. The number of ether oxygens (including phenoxy) is 1. The third kappa shape index (κ3) is 2.43. The van der Waals surface area contributed by atoms with Crippen molar-refractivity contribution in [1.82, 2.24) is 4.98 Å². The van der Waals surface area contributed by atoms with Gasteiger partial charge in [-0.2, -0.15) is 0 Å². The highest BCUT2D eigenvalue weighted by Gasteiger charge is 2.24. The quantitative estimate of drug-likeness (QED) is 0.672. The number of benzene rings is 1. The van der Waals surface area contributed by atoms with Crippen molar-refractivity contribution in [3.05, 3.63) is 30.0 Å². The van der Waals surface area contributed by atoms with Crippen molar-refractivity contribution in [2.45, 2.75) is 26.1 Å². The van der Waals surface area contributed by atoms with Crippen LogP contribution in [0.25, 0.3) is 10.9 Å². The van der Waals surface area contributed by atoms with E-state index in [0.29, 0.717) is 5.75 Å². The van der Waals surface area contributed by atoms with Crippen molar-refractivity contribution in [2.75, 3.05) is 0 Å². The van der Waals surface area contributed by atoms with E-state index in [1.165, 1.54) is 0 Å². The lowest BCUT2D eigenvalue weighted by molar-refractivity contribution is -0.142. The number of para-hydroxylation sites is 1. The smallest absolute Gasteiger partial charge is 0.316 e. The Bertz CT molecular complexity index is 581. The monoisotopic (exact) mass is 309 g/mol. The number of halogens is 1. The molecule has 0 aliphatic rings. The fourth-order valence-corrected chi connectivity index (χ4v) is 2.11. The number of esters is 1. The summed E-state index contributed by atoms with van der Waals surface area (Å²) in [5.41, 5.74) is 1.65. The molecule has 0 spiro atoms. The highest BCUT2D eigenvalue weighted by Crippen LogP contribution is 2.30. The molecule has 2 aromatic rings. The molecular formula is C14H16BrNO2. The minimum absolute atomic E-state index is 0.229. The lowest BCUT2D eigenvalue weighted by atomic mass is 9.97. The lowest BCUT2D eigenvalue weighted by Crippen LogP contribution is -2.25. The van der Waals surface area contributed by atoms with Gasteiger partial charge in [-0.1, -0.05) is 28.1 Å². The number of rotatable bonds is 2. The van der Waals surface area contributed by atoms with Crippen LogP contribution in [0, 0.1) is 5.41 Å². The average Bonchev–Trinajstić information content (AvgIpc) is 2.71. The molecule has 0 radical (unpaired) electrons. The highest BCUT2D eigenvalue weighted by atomic mass is 79.9. The predicted octanol–water partition coefficient (Wildman–Crippen LogP) is 4.01. The Balaban J connectivity index is 2.39. The SMILES string of the molecule is CC(C)(C)C(=O)Oc1c[nH]c2c(CBr)cccc12. The minimum atomic E-state index is -0.503. The molecule has 0 saturated carbocycles. The maximum Gasteiger partial charge on any atom is 0.316 e. The maximum absolute atomic E-state index is 11.9. The lowest BCUT2D eigenvalue weighted by Gasteiger charge is -2.15. The Morgan fingerprint density at radius 3 is 2.72 bits per heavy atom. The summed E-state index contributed by atoms with van der Waals surface area (Å²) in [6.45, 7) is 5.52. The summed E-state index contributed by atoms with van der Waals surface area (Å²) in [7, 11) is 0. The average molecular weight is 310 g/mol. The van der Waals surface area contributed by atoms with Crippen LogP contribution in [0.5, 0.6) is 5.75 Å². The van der Waals surface area contributed by atoms with Crippen molar-refractivity contribution < 1.29 is 9.53 Å². The molecule has 0 atom stereocenters. The van der Waals surface area contributed by atoms with E-state index in [1.54, 1.807) is 6.20 Å². The number of hydrogen-bond acceptors (Lipinski definition) is 2. The second-order valence-corrected chi connectivity index (χ2v) is 5.83. The van der Waals surface area contributed by atoms with Crippen molar-refractivity contribution in [3.63, 3.8) is 0 Å². The second-order valence-electron chi connectivity index (χ2n) is 5.27. The number of aromatic nitrogens is 1. The number of nitrogens with one attached hydrogen (secondary N) is 1. The van der Waals surface area contributed by atoms with Crippen LogP contribution in [0.1, 0.15) is 26.3 Å². The van der Waals surface area contributed by atoms with Crippen molar-refractivity contribution >= 4 is 32.8 Å². The van der Waals surface area contributed by atoms with Gasteiger partial charge in [0, 0.05) is 16.9 Å². The molecule has 3 nitrogen and oxygen atoms in total. The second kappa shape index (κ2) is 4.76. The Morgan fingerprint density at radius 1 is 1.39 bits per heavy atom. The fourth-order valence-electron chi connectivity index (χ4n) is 1.64. The number of fused-ring (bicyclic) bond motifs is 1. The van der Waals surface area contributed by atoms with Gasteiger partial charge in [0.15, 0.2) is 5.75 Å². The van der Waals surface area contributed by atoms with Gasteiger partial charge in [0.05, 0.1) is 10.9 Å². The van der Waals surface area contributed by atoms with E-state index in [0.717, 1.165) is 21.8 Å². The maximum atomic E-state index is 11.9. The molecule has 0 aliphatic carbocycles. The molecule has 1 aromatic heterocycles. The van der Waals surface area contributed by atoms with Gasteiger partial charge < -0.3 is 9.72 Å². The first kappa shape index (κ1) is 13.1. The van der Waals surface area contributed by atoms with E-state index in [-0.39, 0.29) is 5.97 Å². The fraction of sp³-hybridized carbons (Fsp3) is 0.357. The number of aromatic amines is 1. The molecular weight excluding hydrogens is 294 g/mol. The molecule has 0 aliphatic heterocycles. The molecule has 1 heterocycles. The summed E-state index contributed by atoms with van der Waals surface area (Å²) >= 11 is 3.44. The number of alkyl halides is 1. The van der Waals surface area contributed by atoms with Crippen molar-refractivity contribution in [3.8, 4) is 5.75 Å². The molecule has 0 amide bonds. The summed E-state index contributed by atoms with van der Waals surface area (Å²) in [5.74, 6) is 0.361. The summed E-state index contributed by atoms with van der Waals surface area (Å²) < 4.78 is 5.45. The Kier molecular flexibility index (Phi) is 3.48. The van der Waals surface area contributed by atoms with Gasteiger partial charge in [-0.05, 0) is 32.4 Å². The Hall–Kier alpha value is -1.29. The van der Waals surface area contributed by atoms with Crippen LogP contribution in [0.3, 0.4) is 0 Å². The summed E-state index contributed by atoms with van der Waals surface area (Å²) in [6.07, 6.45) is 1.74. The number of carbonyl (C=O) groups excluding carboxylic acids is 1. The molecule has 18 heavy (non-hydrogen) atoms. The van der Waals surface area contributed by atoms with E-state index < -0.39 is 5.41 Å². The minimum Gasteiger partial charge on any atom is -0.424 e. The van der Waals surface area contributed by atoms with Gasteiger partial charge in [-0.3, -0.25) is 4.79 Å². The van der Waals surface area contributed by atoms with Crippen LogP contribution >= 0.6 is 15.9 Å². The van der Waals surface area contributed by atoms with E-state index in [2.05, 4.69) is 20.9 Å². The zero-order chi connectivity index (χ0) is 13.3. The van der Waals surface area contributed by atoms with Gasteiger partial charge in [-0.15, -0.1) is 0 Å². The van der Waals surface area contributed by atoms with Gasteiger partial charge in [0.2, 0.25) is 0 Å². The summed E-state index contributed by atoms with van der Waals surface area (Å²) in [4.78, 5) is 15.0. The van der Waals surface area contributed by atoms with Gasteiger partial charge in [-0.25, -0.2) is 0 Å². The third-order valence-electron chi connectivity index (χ3n) is 2.72. The summed E-state index contributed by atoms with van der Waals surface area (Å²) in [6, 6.07) is 5.94. The first-order valence-corrected chi connectivity index (χ1v) is 6.93. The molecule has 0 fully saturated rings. The highest BCUT2D eigenvalue weighted by molar-refractivity contribution is 9.08. The van der Waals surface area contributed by atoms with Crippen LogP contribution in [-0.4, -0.2) is 11.0 Å². The number of carbonyl (C=O) groups is 1. The summed E-state index contributed by atoms with van der Waals surface area (Å²) in [5, 5.41) is 1.70. The van der Waals surface area contributed by atoms with Gasteiger partial charge in [0.1, 0.15) is 0 Å². The van der Waals surface area contributed by atoms with Gasteiger partial charge in [0.25, 0.3) is 0 Å². The normalized spacial score (nSPS) is 11.8. The number of hydrogen-bond donors (Lipinski definition) is 1. The first-order chi connectivity index (χ1) is 8.43. The standard InChI is InChI=1S/C14H16BrNO2/c1-14(2,3)13(17)18-11-8-16-12-9(7-15)5-4-6-10(11)12/h4-6,8,16H,7H2,1-3H3. The molecule has 2 rings (SSSR count). The topological polar surface area (TPSA) is 42.1 Å². The zero-order valence-electron chi connectivity index (χ0n) is 10.7. The molecule has 0 saturated heterocycles. The van der Waals surface area contributed by atoms with Crippen LogP contribution in [0.4, 0.5) is 0 Å². The van der Waals surface area contributed by atoms with Crippen LogP contribution in [0.15, 0.2) is 24.4 Å². The third-order valence-corrected chi connectivity index (χ3v) is 3.33. The van der Waals surface area contributed by atoms with Crippen LogP contribution in [0.2, 0.25) is 0 Å². The Labute approximate surface area is 115 Å².